The Morgan fingerprint density at radius 2 is 1.88 bits per heavy atom. The molecule has 0 saturated heterocycles. The van der Waals surface area contributed by atoms with Crippen LogP contribution in [0.1, 0.15) is 31.3 Å². The number of H-pyrrole nitrogens is 1. The number of carbonyl (C=O) groups is 1. The number of hydrogen-bond donors (Lipinski definition) is 1. The molecule has 0 bridgehead atoms. The van der Waals surface area contributed by atoms with Crippen molar-refractivity contribution in [3.8, 4) is 11.1 Å². The first-order chi connectivity index (χ1) is 11.3. The van der Waals surface area contributed by atoms with Crippen molar-refractivity contribution in [3.05, 3.63) is 59.0 Å². The molecule has 0 spiro atoms. The van der Waals surface area contributed by atoms with Crippen LogP contribution >= 0.6 is 11.6 Å². The molecule has 0 unspecified atom stereocenters. The molecule has 3 rings (SSSR count). The molecule has 0 aliphatic carbocycles. The third kappa shape index (κ3) is 3.15. The van der Waals surface area contributed by atoms with Crippen molar-refractivity contribution in [2.45, 2.75) is 26.4 Å². The number of halogens is 2. The van der Waals surface area contributed by atoms with Crippen molar-refractivity contribution in [2.75, 3.05) is 0 Å². The van der Waals surface area contributed by atoms with E-state index in [4.69, 9.17) is 16.3 Å². The van der Waals surface area contributed by atoms with Crippen molar-refractivity contribution in [3.63, 3.8) is 0 Å². The predicted octanol–water partition coefficient (Wildman–Crippen LogP) is 5.58. The van der Waals surface area contributed by atoms with E-state index in [9.17, 15) is 9.18 Å². The smallest absolute Gasteiger partial charge is 0.355 e. The molecule has 3 aromatic rings. The molecule has 0 fully saturated rings. The number of rotatable bonds is 2. The van der Waals surface area contributed by atoms with Crippen molar-refractivity contribution >= 4 is 28.5 Å². The van der Waals surface area contributed by atoms with Gasteiger partial charge in [0.15, 0.2) is 0 Å². The number of benzene rings is 2. The summed E-state index contributed by atoms with van der Waals surface area (Å²) in [5.41, 5.74) is 1.04. The normalized spacial score (nSPS) is 11.7. The summed E-state index contributed by atoms with van der Waals surface area (Å²) in [6, 6.07) is 11.5. The molecule has 0 saturated carbocycles. The van der Waals surface area contributed by atoms with Gasteiger partial charge in [-0.05, 0) is 45.0 Å². The summed E-state index contributed by atoms with van der Waals surface area (Å²) in [4.78, 5) is 15.7. The zero-order valence-electron chi connectivity index (χ0n) is 13.6. The lowest BCUT2D eigenvalue weighted by Gasteiger charge is -2.19. The topological polar surface area (TPSA) is 42.1 Å². The SMILES string of the molecule is CC(C)(C)OC(=O)c1[nH]c2ccc(Cl)cc2c1-c1ccccc1F. The quantitative estimate of drug-likeness (QED) is 0.616. The molecule has 1 heterocycles. The third-order valence-electron chi connectivity index (χ3n) is 3.51. The van der Waals surface area contributed by atoms with E-state index in [0.717, 1.165) is 0 Å². The fraction of sp³-hybridized carbons (Fsp3) is 0.211. The average molecular weight is 346 g/mol. The Balaban J connectivity index is 2.28. The minimum atomic E-state index is -0.654. The van der Waals surface area contributed by atoms with E-state index < -0.39 is 17.4 Å². The van der Waals surface area contributed by atoms with E-state index in [0.29, 0.717) is 27.1 Å². The molecule has 5 heteroatoms. The van der Waals surface area contributed by atoms with Crippen molar-refractivity contribution in [2.24, 2.45) is 0 Å². The van der Waals surface area contributed by atoms with Gasteiger partial charge in [-0.25, -0.2) is 9.18 Å². The fourth-order valence-corrected chi connectivity index (χ4v) is 2.76. The first-order valence-corrected chi connectivity index (χ1v) is 7.93. The number of fused-ring (bicyclic) bond motifs is 1. The Morgan fingerprint density at radius 3 is 2.54 bits per heavy atom. The van der Waals surface area contributed by atoms with Gasteiger partial charge in [0.2, 0.25) is 0 Å². The number of esters is 1. The van der Waals surface area contributed by atoms with Gasteiger partial charge < -0.3 is 9.72 Å². The van der Waals surface area contributed by atoms with E-state index in [1.807, 2.05) is 0 Å². The number of hydrogen-bond acceptors (Lipinski definition) is 2. The van der Waals surface area contributed by atoms with Crippen LogP contribution in [0.2, 0.25) is 5.02 Å². The largest absolute Gasteiger partial charge is 0.455 e. The summed E-state index contributed by atoms with van der Waals surface area (Å²) >= 11 is 6.09. The first kappa shape index (κ1) is 16.5. The maximum absolute atomic E-state index is 14.4. The zero-order chi connectivity index (χ0) is 17.5. The summed E-state index contributed by atoms with van der Waals surface area (Å²) in [6.07, 6.45) is 0. The second kappa shape index (κ2) is 5.95. The highest BCUT2D eigenvalue weighted by Crippen LogP contribution is 2.36. The molecule has 1 N–H and O–H groups in total. The predicted molar refractivity (Wildman–Crippen MR) is 93.9 cm³/mol. The molecular weight excluding hydrogens is 329 g/mol. The van der Waals surface area contributed by atoms with Crippen LogP contribution in [0, 0.1) is 5.82 Å². The van der Waals surface area contributed by atoms with E-state index in [1.54, 1.807) is 57.2 Å². The Morgan fingerprint density at radius 1 is 1.17 bits per heavy atom. The highest BCUT2D eigenvalue weighted by atomic mass is 35.5. The van der Waals surface area contributed by atoms with Gasteiger partial charge in [0.1, 0.15) is 17.1 Å². The summed E-state index contributed by atoms with van der Waals surface area (Å²) in [6.45, 7) is 5.35. The second-order valence-electron chi connectivity index (χ2n) is 6.55. The Hall–Kier alpha value is -2.33. The van der Waals surface area contributed by atoms with Gasteiger partial charge >= 0.3 is 5.97 Å². The summed E-state index contributed by atoms with van der Waals surface area (Å²) < 4.78 is 19.8. The van der Waals surface area contributed by atoms with E-state index in [1.165, 1.54) is 6.07 Å². The lowest BCUT2D eigenvalue weighted by Crippen LogP contribution is -2.24. The van der Waals surface area contributed by atoms with Crippen LogP contribution in [-0.2, 0) is 4.74 Å². The molecule has 0 radical (unpaired) electrons. The maximum Gasteiger partial charge on any atom is 0.355 e. The molecule has 0 amide bonds. The standard InChI is InChI=1S/C19H17ClFNO2/c1-19(2,3)24-18(23)17-16(12-6-4-5-7-14(12)21)13-10-11(20)8-9-15(13)22-17/h4-10,22H,1-3H3. The van der Waals surface area contributed by atoms with Crippen LogP contribution < -0.4 is 0 Å². The molecular formula is C19H17ClFNO2. The maximum atomic E-state index is 14.4. The number of carbonyl (C=O) groups excluding carboxylic acids is 1. The van der Waals surface area contributed by atoms with Gasteiger partial charge in [0.25, 0.3) is 0 Å². The van der Waals surface area contributed by atoms with Crippen molar-refractivity contribution < 1.29 is 13.9 Å². The minimum Gasteiger partial charge on any atom is -0.455 e. The molecule has 1 aromatic heterocycles. The van der Waals surface area contributed by atoms with Gasteiger partial charge in [0.05, 0.1) is 0 Å². The van der Waals surface area contributed by atoms with Gasteiger partial charge in [0, 0.05) is 27.1 Å². The van der Waals surface area contributed by atoms with Crippen LogP contribution in [0.4, 0.5) is 4.39 Å². The molecule has 0 aliphatic heterocycles. The van der Waals surface area contributed by atoms with Crippen LogP contribution in [0.3, 0.4) is 0 Å². The number of ether oxygens (including phenoxy) is 1. The highest BCUT2D eigenvalue weighted by molar-refractivity contribution is 6.31. The Kier molecular flexibility index (Phi) is 4.10. The van der Waals surface area contributed by atoms with Gasteiger partial charge in [-0.15, -0.1) is 0 Å². The van der Waals surface area contributed by atoms with Gasteiger partial charge in [-0.1, -0.05) is 29.8 Å². The van der Waals surface area contributed by atoms with Crippen LogP contribution in [0.15, 0.2) is 42.5 Å². The lowest BCUT2D eigenvalue weighted by molar-refractivity contribution is 0.00648. The second-order valence-corrected chi connectivity index (χ2v) is 6.98. The van der Waals surface area contributed by atoms with Crippen LogP contribution in [-0.4, -0.2) is 16.6 Å². The monoisotopic (exact) mass is 345 g/mol. The molecule has 124 valence electrons. The minimum absolute atomic E-state index is 0.215. The van der Waals surface area contributed by atoms with Crippen LogP contribution in [0.25, 0.3) is 22.0 Å². The molecule has 3 nitrogen and oxygen atoms in total. The van der Waals surface area contributed by atoms with Crippen molar-refractivity contribution in [1.29, 1.82) is 0 Å². The molecule has 0 atom stereocenters. The Labute approximate surface area is 144 Å². The van der Waals surface area contributed by atoms with Crippen LogP contribution in [0.5, 0.6) is 0 Å². The summed E-state index contributed by atoms with van der Waals surface area (Å²) in [5.74, 6) is -0.948. The Bertz CT molecular complexity index is 925. The number of nitrogens with one attached hydrogen (secondary N) is 1. The van der Waals surface area contributed by atoms with Gasteiger partial charge in [-0.2, -0.15) is 0 Å². The first-order valence-electron chi connectivity index (χ1n) is 7.56. The highest BCUT2D eigenvalue weighted by Gasteiger charge is 2.25. The van der Waals surface area contributed by atoms with E-state index in [-0.39, 0.29) is 5.69 Å². The van der Waals surface area contributed by atoms with Crippen molar-refractivity contribution in [1.82, 2.24) is 4.98 Å². The number of aromatic amines is 1. The lowest BCUT2D eigenvalue weighted by atomic mass is 10.0. The molecule has 2 aromatic carbocycles. The average Bonchev–Trinajstić information content (AvgIpc) is 2.84. The fourth-order valence-electron chi connectivity index (χ4n) is 2.59. The third-order valence-corrected chi connectivity index (χ3v) is 3.74. The molecule has 0 aliphatic rings. The zero-order valence-corrected chi connectivity index (χ0v) is 14.4. The van der Waals surface area contributed by atoms with E-state index >= 15 is 0 Å². The number of aromatic nitrogens is 1. The molecule has 24 heavy (non-hydrogen) atoms. The summed E-state index contributed by atoms with van der Waals surface area (Å²) in [7, 11) is 0. The summed E-state index contributed by atoms with van der Waals surface area (Å²) in [5, 5.41) is 1.18. The van der Waals surface area contributed by atoms with E-state index in [2.05, 4.69) is 4.98 Å². The van der Waals surface area contributed by atoms with Gasteiger partial charge in [-0.3, -0.25) is 0 Å².